The predicted molar refractivity (Wildman–Crippen MR) is 126 cm³/mol. The number of nitrogens with two attached hydrogens (primary N) is 2. The molecular weight excluding hydrogens is 551 g/mol. The van der Waals surface area contributed by atoms with Gasteiger partial charge in [0.25, 0.3) is 5.79 Å². The molecule has 3 rings (SSSR count). The molecule has 1 amide bonds. The van der Waals surface area contributed by atoms with Crippen LogP contribution in [0.15, 0.2) is 12.3 Å². The van der Waals surface area contributed by atoms with Crippen molar-refractivity contribution >= 4 is 19.7 Å². The first-order chi connectivity index (χ1) is 18.1. The first-order valence-electron chi connectivity index (χ1n) is 11.9. The molecule has 3 aliphatic rings. The van der Waals surface area contributed by atoms with Gasteiger partial charge in [-0.25, -0.2) is 13.9 Å². The van der Waals surface area contributed by atoms with E-state index in [1.165, 1.54) is 4.90 Å². The van der Waals surface area contributed by atoms with Crippen LogP contribution < -0.4 is 16.8 Å². The molecule has 0 bridgehead atoms. The number of aliphatic hydroxyl groups excluding tert-OH is 5. The van der Waals surface area contributed by atoms with Gasteiger partial charge >= 0.3 is 13.8 Å². The molecule has 39 heavy (non-hydrogen) atoms. The lowest BCUT2D eigenvalue weighted by Gasteiger charge is -2.46. The van der Waals surface area contributed by atoms with Gasteiger partial charge in [0.05, 0.1) is 24.9 Å². The van der Waals surface area contributed by atoms with Crippen molar-refractivity contribution in [1.82, 2.24) is 10.2 Å². The van der Waals surface area contributed by atoms with Gasteiger partial charge in [-0.2, -0.15) is 0 Å². The number of hydrogen-bond donors (Lipinski definition) is 10. The molecule has 0 aromatic heterocycles. The summed E-state index contributed by atoms with van der Waals surface area (Å²) < 4.78 is 33.3. The van der Waals surface area contributed by atoms with Crippen LogP contribution in [0.25, 0.3) is 0 Å². The largest absolute Gasteiger partial charge is 0.477 e. The maximum Gasteiger partial charge on any atom is 0.475 e. The smallest absolute Gasteiger partial charge is 0.475 e. The lowest BCUT2D eigenvalue weighted by molar-refractivity contribution is -0.287. The zero-order chi connectivity index (χ0) is 29.3. The number of aliphatic hydroxyl groups is 5. The molecule has 0 spiro atoms. The normalized spacial score (nSPS) is 39.8. The number of hydrogen-bond acceptors (Lipinski definition) is 15. The number of aliphatic carboxylic acids is 1. The fourth-order valence-electron chi connectivity index (χ4n) is 4.55. The van der Waals surface area contributed by atoms with E-state index in [2.05, 4.69) is 5.32 Å². The quantitative estimate of drug-likeness (QED) is 0.101. The molecule has 3 heterocycles. The van der Waals surface area contributed by atoms with Gasteiger partial charge in [-0.3, -0.25) is 9.32 Å². The summed E-state index contributed by atoms with van der Waals surface area (Å²) in [5.41, 5.74) is 11.1. The van der Waals surface area contributed by atoms with Crippen molar-refractivity contribution in [2.24, 2.45) is 11.5 Å². The molecule has 18 nitrogen and oxygen atoms in total. The number of nitrogens with one attached hydrogen (secondary N) is 1. The zero-order valence-electron chi connectivity index (χ0n) is 20.8. The molecule has 12 N–H and O–H groups in total. The number of amides is 1. The van der Waals surface area contributed by atoms with E-state index in [0.717, 1.165) is 6.92 Å². The van der Waals surface area contributed by atoms with Gasteiger partial charge in [-0.05, 0) is 6.20 Å². The Kier molecular flexibility index (Phi) is 10.1. The molecule has 2 fully saturated rings. The Bertz CT molecular complexity index is 975. The molecule has 0 aliphatic carbocycles. The Morgan fingerprint density at radius 1 is 1.28 bits per heavy atom. The molecule has 3 aliphatic heterocycles. The Balaban J connectivity index is 1.75. The van der Waals surface area contributed by atoms with Crippen molar-refractivity contribution in [2.75, 3.05) is 19.7 Å². The van der Waals surface area contributed by atoms with Crippen molar-refractivity contribution in [1.29, 1.82) is 0 Å². The van der Waals surface area contributed by atoms with E-state index in [1.54, 1.807) is 12.3 Å². The summed E-state index contributed by atoms with van der Waals surface area (Å²) in [7, 11) is -5.39. The monoisotopic (exact) mass is 586 g/mol. The Morgan fingerprint density at radius 2 is 1.95 bits per heavy atom. The predicted octanol–water partition coefficient (Wildman–Crippen LogP) is -5.16. The second-order valence-electron chi connectivity index (χ2n) is 9.54. The molecule has 0 saturated carbocycles. The molecule has 2 saturated heterocycles. The van der Waals surface area contributed by atoms with Crippen molar-refractivity contribution in [3.8, 4) is 0 Å². The number of ether oxygens (including phenoxy) is 2. The number of carboxylic acid groups (broad SMARTS) is 1. The van der Waals surface area contributed by atoms with Crippen LogP contribution in [0.3, 0.4) is 0 Å². The van der Waals surface area contributed by atoms with Gasteiger partial charge in [0.2, 0.25) is 5.91 Å². The Hall–Kier alpha value is -1.77. The second-order valence-corrected chi connectivity index (χ2v) is 10.9. The van der Waals surface area contributed by atoms with Crippen molar-refractivity contribution in [3.05, 3.63) is 12.3 Å². The van der Waals surface area contributed by atoms with Crippen LogP contribution >= 0.6 is 7.82 Å². The van der Waals surface area contributed by atoms with Crippen LogP contribution in [0.1, 0.15) is 13.3 Å². The number of phosphoric acid groups is 1. The van der Waals surface area contributed by atoms with E-state index in [1.807, 2.05) is 0 Å². The molecule has 0 aromatic rings. The van der Waals surface area contributed by atoms with Crippen LogP contribution in [0.5, 0.6) is 0 Å². The van der Waals surface area contributed by atoms with Crippen molar-refractivity contribution in [2.45, 2.75) is 80.2 Å². The number of carboxylic acids is 1. The lowest BCUT2D eigenvalue weighted by Crippen LogP contribution is -2.67. The number of nitrogens with zero attached hydrogens (tertiary/aromatic N) is 1. The molecule has 224 valence electrons. The Morgan fingerprint density at radius 3 is 2.49 bits per heavy atom. The third-order valence-corrected chi connectivity index (χ3v) is 7.52. The van der Waals surface area contributed by atoms with E-state index in [9.17, 15) is 49.7 Å². The van der Waals surface area contributed by atoms with E-state index in [-0.39, 0.29) is 12.6 Å². The highest BCUT2D eigenvalue weighted by Gasteiger charge is 2.59. The number of carbonyl (C=O) groups is 2. The minimum absolute atomic E-state index is 0.274. The van der Waals surface area contributed by atoms with Crippen LogP contribution in [0, 0.1) is 0 Å². The summed E-state index contributed by atoms with van der Waals surface area (Å²) in [6.07, 6.45) is -10.6. The fraction of sp³-hybridized carbons (Fsp3) is 0.800. The lowest BCUT2D eigenvalue weighted by atomic mass is 9.88. The van der Waals surface area contributed by atoms with Gasteiger partial charge in [0, 0.05) is 32.5 Å². The number of rotatable bonds is 11. The van der Waals surface area contributed by atoms with Crippen molar-refractivity contribution < 1.29 is 68.2 Å². The highest BCUT2D eigenvalue weighted by Crippen LogP contribution is 2.51. The van der Waals surface area contributed by atoms with Gasteiger partial charge in [0.1, 0.15) is 30.5 Å². The minimum Gasteiger partial charge on any atom is -0.477 e. The third-order valence-electron chi connectivity index (χ3n) is 6.52. The number of phosphoric ester groups is 1. The van der Waals surface area contributed by atoms with Crippen molar-refractivity contribution in [3.63, 3.8) is 0 Å². The molecule has 0 aromatic carbocycles. The summed E-state index contributed by atoms with van der Waals surface area (Å²) in [5.74, 6) is -5.82. The summed E-state index contributed by atoms with van der Waals surface area (Å²) in [6.45, 7) is -0.0367. The summed E-state index contributed by atoms with van der Waals surface area (Å²) in [4.78, 5) is 35.6. The van der Waals surface area contributed by atoms with Crippen LogP contribution in [0.4, 0.5) is 0 Å². The highest BCUT2D eigenvalue weighted by atomic mass is 31.2. The second kappa shape index (κ2) is 12.4. The first-order valence-corrected chi connectivity index (χ1v) is 13.4. The maximum atomic E-state index is 12.8. The summed E-state index contributed by atoms with van der Waals surface area (Å²) >= 11 is 0. The van der Waals surface area contributed by atoms with E-state index < -0.39 is 100 Å². The molecular formula is C20H35N4O14P. The molecule has 10 unspecified atom stereocenters. The third kappa shape index (κ3) is 7.12. The van der Waals surface area contributed by atoms with Gasteiger partial charge < -0.3 is 66.7 Å². The topological polar surface area (TPSA) is 297 Å². The zero-order valence-corrected chi connectivity index (χ0v) is 21.7. The average Bonchev–Trinajstić information content (AvgIpc) is 3.40. The minimum atomic E-state index is -5.39. The SMILES string of the molecule is CC(=O)NC1C(O)CC(OP(=O)(O)OCC2OC(N3C=CC(N)C3)C(O)C2O)(C(=O)O)OC1[C@H](O)[C@H](O)CN. The molecule has 19 heteroatoms. The molecule has 12 atom stereocenters. The summed E-state index contributed by atoms with van der Waals surface area (Å²) in [5, 5.41) is 63.8. The first kappa shape index (κ1) is 31.8. The fourth-order valence-corrected chi connectivity index (χ4v) is 5.50. The number of carbonyl (C=O) groups excluding carboxylic acids is 1. The maximum absolute atomic E-state index is 12.8. The van der Waals surface area contributed by atoms with E-state index >= 15 is 0 Å². The van der Waals surface area contributed by atoms with Crippen LogP contribution in [-0.2, 0) is 32.7 Å². The van der Waals surface area contributed by atoms with Gasteiger partial charge in [0.15, 0.2) is 6.23 Å². The Labute approximate surface area is 222 Å². The average molecular weight is 586 g/mol. The summed E-state index contributed by atoms with van der Waals surface area (Å²) in [6, 6.07) is -1.81. The van der Waals surface area contributed by atoms with Crippen LogP contribution in [-0.4, -0.2) is 139 Å². The standard InChI is InChI=1S/C20H35N4O14P/c1-8(25)23-13-10(26)4-20(19(31)32,37-17(13)14(28)11(27)5-21)38-39(33,34)35-7-12-15(29)16(30)18(36-12)24-3-2-9(22)6-24/h2-3,9-18,26-30H,4-7,21-22H2,1H3,(H,23,25)(H,31,32)(H,33,34)/t9?,10?,11-,12?,13?,14-,15?,16?,17?,18?,20?/m1/s1. The van der Waals surface area contributed by atoms with E-state index in [4.69, 9.17) is 30.0 Å². The van der Waals surface area contributed by atoms with E-state index in [0.29, 0.717) is 0 Å². The van der Waals surface area contributed by atoms with Gasteiger partial charge in [-0.1, -0.05) is 6.08 Å². The van der Waals surface area contributed by atoms with Crippen LogP contribution in [0.2, 0.25) is 0 Å². The van der Waals surface area contributed by atoms with Gasteiger partial charge in [-0.15, -0.1) is 0 Å². The molecule has 0 radical (unpaired) electrons. The highest BCUT2D eigenvalue weighted by molar-refractivity contribution is 7.47.